The van der Waals surface area contributed by atoms with Crippen LogP contribution in [0.25, 0.3) is 0 Å². The highest BCUT2D eigenvalue weighted by molar-refractivity contribution is 5.49. The summed E-state index contributed by atoms with van der Waals surface area (Å²) >= 11 is 0. The van der Waals surface area contributed by atoms with Gasteiger partial charge in [0.2, 0.25) is 0 Å². The molecule has 0 fully saturated rings. The highest BCUT2D eigenvalue weighted by Gasteiger charge is 2.31. The first-order valence-corrected chi connectivity index (χ1v) is 7.35. The van der Waals surface area contributed by atoms with E-state index in [9.17, 15) is 10.2 Å². The molecule has 0 aliphatic heterocycles. The van der Waals surface area contributed by atoms with Crippen molar-refractivity contribution in [3.05, 3.63) is 58.7 Å². The van der Waals surface area contributed by atoms with Gasteiger partial charge in [0.05, 0.1) is 14.2 Å². The van der Waals surface area contributed by atoms with Gasteiger partial charge in [0.1, 0.15) is 23.7 Å². The second kappa shape index (κ2) is 5.99. The van der Waals surface area contributed by atoms with Crippen LogP contribution in [-0.4, -0.2) is 24.4 Å². The molecule has 116 valence electrons. The first-order chi connectivity index (χ1) is 10.7. The van der Waals surface area contributed by atoms with E-state index in [1.165, 1.54) is 0 Å². The lowest BCUT2D eigenvalue weighted by molar-refractivity contribution is 0.0127. The van der Waals surface area contributed by atoms with Gasteiger partial charge in [0, 0.05) is 11.1 Å². The monoisotopic (exact) mass is 300 g/mol. The van der Waals surface area contributed by atoms with Crippen molar-refractivity contribution >= 4 is 0 Å². The Morgan fingerprint density at radius 3 is 1.55 bits per heavy atom. The Hall–Kier alpha value is -2.04. The summed E-state index contributed by atoms with van der Waals surface area (Å²) in [5, 5.41) is 21.5. The van der Waals surface area contributed by atoms with Gasteiger partial charge in [-0.15, -0.1) is 0 Å². The smallest absolute Gasteiger partial charge is 0.125 e. The fourth-order valence-corrected chi connectivity index (χ4v) is 3.23. The lowest BCUT2D eigenvalue weighted by atomic mass is 9.84. The van der Waals surface area contributed by atoms with Crippen molar-refractivity contribution in [1.82, 2.24) is 0 Å². The molecule has 0 saturated carbocycles. The summed E-state index contributed by atoms with van der Waals surface area (Å²) in [6.07, 6.45) is -0.560. The summed E-state index contributed by atoms with van der Waals surface area (Å²) in [6, 6.07) is 11.4. The molecule has 0 radical (unpaired) electrons. The van der Waals surface area contributed by atoms with Crippen LogP contribution in [0, 0.1) is 0 Å². The van der Waals surface area contributed by atoms with E-state index in [0.29, 0.717) is 22.6 Å². The molecular formula is C18H20O4. The molecule has 1 aliphatic carbocycles. The molecule has 1 unspecified atom stereocenters. The van der Waals surface area contributed by atoms with E-state index in [-0.39, 0.29) is 0 Å². The number of fused-ring (bicyclic) bond motifs is 2. The van der Waals surface area contributed by atoms with Crippen LogP contribution in [0.15, 0.2) is 36.4 Å². The molecule has 3 rings (SSSR count). The van der Waals surface area contributed by atoms with Crippen LogP contribution < -0.4 is 9.47 Å². The zero-order chi connectivity index (χ0) is 15.7. The summed E-state index contributed by atoms with van der Waals surface area (Å²) in [5.41, 5.74) is 3.32. The molecule has 0 aromatic heterocycles. The third-order valence-electron chi connectivity index (χ3n) is 4.31. The van der Waals surface area contributed by atoms with Gasteiger partial charge in [0.15, 0.2) is 0 Å². The Labute approximate surface area is 129 Å². The van der Waals surface area contributed by atoms with Crippen LogP contribution in [0.1, 0.15) is 34.5 Å². The fourth-order valence-electron chi connectivity index (χ4n) is 3.23. The number of ether oxygens (including phenoxy) is 2. The molecule has 4 nitrogen and oxygen atoms in total. The first-order valence-electron chi connectivity index (χ1n) is 7.35. The molecule has 1 aliphatic rings. The maximum Gasteiger partial charge on any atom is 0.125 e. The summed E-state index contributed by atoms with van der Waals surface area (Å²) in [7, 11) is 3.14. The topological polar surface area (TPSA) is 58.9 Å². The van der Waals surface area contributed by atoms with Crippen LogP contribution >= 0.6 is 0 Å². The molecule has 0 heterocycles. The number of hydrogen-bond acceptors (Lipinski definition) is 4. The third kappa shape index (κ3) is 2.34. The van der Waals surface area contributed by atoms with E-state index in [2.05, 4.69) is 0 Å². The Balaban J connectivity index is 2.16. The van der Waals surface area contributed by atoms with Gasteiger partial charge < -0.3 is 19.7 Å². The average Bonchev–Trinajstić information content (AvgIpc) is 2.56. The summed E-state index contributed by atoms with van der Waals surface area (Å²) < 4.78 is 10.7. The Bertz CT molecular complexity index is 621. The predicted octanol–water partition coefficient (Wildman–Crippen LogP) is 2.57. The van der Waals surface area contributed by atoms with E-state index in [0.717, 1.165) is 24.0 Å². The van der Waals surface area contributed by atoms with E-state index in [4.69, 9.17) is 9.47 Å². The third-order valence-corrected chi connectivity index (χ3v) is 4.31. The maximum absolute atomic E-state index is 10.7. The SMILES string of the molecule is COc1cccc2c1C(O)[C@@H](O)c1c(cccc1OC)CC2. The van der Waals surface area contributed by atoms with Crippen molar-refractivity contribution < 1.29 is 19.7 Å². The molecule has 2 aromatic rings. The van der Waals surface area contributed by atoms with Crippen molar-refractivity contribution in [1.29, 1.82) is 0 Å². The summed E-state index contributed by atoms with van der Waals surface area (Å²) in [6.45, 7) is 0. The molecule has 4 heteroatoms. The van der Waals surface area contributed by atoms with E-state index < -0.39 is 12.2 Å². The Kier molecular flexibility index (Phi) is 4.05. The van der Waals surface area contributed by atoms with Crippen molar-refractivity contribution in [2.24, 2.45) is 0 Å². The number of rotatable bonds is 2. The van der Waals surface area contributed by atoms with Crippen molar-refractivity contribution in [2.75, 3.05) is 14.2 Å². The van der Waals surface area contributed by atoms with E-state index >= 15 is 0 Å². The quantitative estimate of drug-likeness (QED) is 0.895. The lowest BCUT2D eigenvalue weighted by Gasteiger charge is -2.28. The minimum absolute atomic E-state index is 0.599. The normalized spacial score (nSPS) is 20.4. The van der Waals surface area contributed by atoms with Gasteiger partial charge in [-0.2, -0.15) is 0 Å². The molecule has 22 heavy (non-hydrogen) atoms. The van der Waals surface area contributed by atoms with Crippen LogP contribution in [0.2, 0.25) is 0 Å². The minimum Gasteiger partial charge on any atom is -0.496 e. The Morgan fingerprint density at radius 1 is 0.773 bits per heavy atom. The van der Waals surface area contributed by atoms with Crippen LogP contribution in [0.4, 0.5) is 0 Å². The molecule has 0 bridgehead atoms. The van der Waals surface area contributed by atoms with Gasteiger partial charge in [0.25, 0.3) is 0 Å². The van der Waals surface area contributed by atoms with Gasteiger partial charge in [-0.05, 0) is 36.1 Å². The van der Waals surface area contributed by atoms with Crippen molar-refractivity contribution in [2.45, 2.75) is 25.0 Å². The molecule has 0 spiro atoms. The van der Waals surface area contributed by atoms with Gasteiger partial charge >= 0.3 is 0 Å². The van der Waals surface area contributed by atoms with Gasteiger partial charge in [-0.25, -0.2) is 0 Å². The molecular weight excluding hydrogens is 280 g/mol. The van der Waals surface area contributed by atoms with Crippen LogP contribution in [0.5, 0.6) is 11.5 Å². The number of aryl methyl sites for hydroxylation is 2. The van der Waals surface area contributed by atoms with Gasteiger partial charge in [-0.1, -0.05) is 24.3 Å². The second-order valence-electron chi connectivity index (χ2n) is 5.46. The first kappa shape index (κ1) is 14.9. The fraction of sp³-hybridized carbons (Fsp3) is 0.333. The predicted molar refractivity (Wildman–Crippen MR) is 83.3 cm³/mol. The van der Waals surface area contributed by atoms with Crippen molar-refractivity contribution in [3.8, 4) is 11.5 Å². The second-order valence-corrected chi connectivity index (χ2v) is 5.46. The molecule has 2 aromatic carbocycles. The molecule has 0 saturated heterocycles. The Morgan fingerprint density at radius 2 is 1.18 bits per heavy atom. The minimum atomic E-state index is -1.05. The number of aliphatic hydroxyl groups is 2. The average molecular weight is 300 g/mol. The molecule has 2 atom stereocenters. The number of benzene rings is 2. The number of methoxy groups -OCH3 is 2. The highest BCUT2D eigenvalue weighted by atomic mass is 16.5. The summed E-state index contributed by atoms with van der Waals surface area (Å²) in [4.78, 5) is 0. The zero-order valence-electron chi connectivity index (χ0n) is 12.7. The lowest BCUT2D eigenvalue weighted by Crippen LogP contribution is -2.19. The van der Waals surface area contributed by atoms with E-state index in [1.54, 1.807) is 26.4 Å². The number of hydrogen-bond donors (Lipinski definition) is 2. The maximum atomic E-state index is 10.7. The largest absolute Gasteiger partial charge is 0.496 e. The standard InChI is InChI=1S/C18H20O4/c1-21-13-7-3-5-11-9-10-12-6-4-8-14(22-2)16(12)18(20)17(19)15(11)13/h3-8,17-20H,9-10H2,1-2H3/t17-,18?/m0/s1. The highest BCUT2D eigenvalue weighted by Crippen LogP contribution is 2.42. The number of aliphatic hydroxyl groups excluding tert-OH is 2. The van der Waals surface area contributed by atoms with Crippen LogP contribution in [-0.2, 0) is 12.8 Å². The van der Waals surface area contributed by atoms with Gasteiger partial charge in [-0.3, -0.25) is 0 Å². The summed E-state index contributed by atoms with van der Waals surface area (Å²) in [5.74, 6) is 1.20. The molecule has 2 N–H and O–H groups in total. The van der Waals surface area contributed by atoms with Crippen LogP contribution in [0.3, 0.4) is 0 Å². The molecule has 0 amide bonds. The van der Waals surface area contributed by atoms with E-state index in [1.807, 2.05) is 24.3 Å². The van der Waals surface area contributed by atoms with Crippen molar-refractivity contribution in [3.63, 3.8) is 0 Å². The zero-order valence-corrected chi connectivity index (χ0v) is 12.7.